The van der Waals surface area contributed by atoms with E-state index in [0.29, 0.717) is 12.0 Å². The van der Waals surface area contributed by atoms with Gasteiger partial charge in [0.15, 0.2) is 0 Å². The van der Waals surface area contributed by atoms with Gasteiger partial charge in [-0.15, -0.1) is 0 Å². The summed E-state index contributed by atoms with van der Waals surface area (Å²) in [4.78, 5) is 0. The van der Waals surface area contributed by atoms with Gasteiger partial charge in [0, 0.05) is 37.2 Å². The van der Waals surface area contributed by atoms with Crippen LogP contribution in [0.1, 0.15) is 45.9 Å². The van der Waals surface area contributed by atoms with Crippen molar-refractivity contribution < 1.29 is 4.74 Å². The number of hydrogen-bond donors (Lipinski definition) is 1. The standard InChI is InChI=1S/C16H29N3O/c1-13(2)10-17-11-16(6-8-20-12-16)9-15-5-7-19(18-15)14(3)4/h5,7,13-14,17H,6,8-12H2,1-4H3. The van der Waals surface area contributed by atoms with Crippen molar-refractivity contribution in [2.45, 2.75) is 46.6 Å². The van der Waals surface area contributed by atoms with Crippen LogP contribution in [0.4, 0.5) is 0 Å². The van der Waals surface area contributed by atoms with Crippen molar-refractivity contribution in [3.63, 3.8) is 0 Å². The molecule has 114 valence electrons. The lowest BCUT2D eigenvalue weighted by molar-refractivity contribution is 0.148. The molecule has 4 heteroatoms. The van der Waals surface area contributed by atoms with E-state index in [2.05, 4.69) is 45.3 Å². The van der Waals surface area contributed by atoms with E-state index in [1.807, 2.05) is 4.68 Å². The van der Waals surface area contributed by atoms with Gasteiger partial charge in [-0.25, -0.2) is 0 Å². The minimum absolute atomic E-state index is 0.227. The molecular weight excluding hydrogens is 250 g/mol. The molecule has 1 aromatic rings. The van der Waals surface area contributed by atoms with Gasteiger partial charge in [-0.1, -0.05) is 13.8 Å². The van der Waals surface area contributed by atoms with Crippen molar-refractivity contribution in [3.05, 3.63) is 18.0 Å². The molecule has 1 atom stereocenters. The molecular formula is C16H29N3O. The first-order chi connectivity index (χ1) is 9.51. The monoisotopic (exact) mass is 279 g/mol. The molecule has 0 bridgehead atoms. The van der Waals surface area contributed by atoms with Crippen molar-refractivity contribution in [1.29, 1.82) is 0 Å². The van der Waals surface area contributed by atoms with Crippen LogP contribution in [0, 0.1) is 11.3 Å². The molecule has 1 N–H and O–H groups in total. The average molecular weight is 279 g/mol. The van der Waals surface area contributed by atoms with E-state index >= 15 is 0 Å². The molecule has 20 heavy (non-hydrogen) atoms. The maximum Gasteiger partial charge on any atom is 0.0631 e. The third kappa shape index (κ3) is 4.06. The van der Waals surface area contributed by atoms with E-state index < -0.39 is 0 Å². The van der Waals surface area contributed by atoms with Crippen LogP contribution in [0.3, 0.4) is 0 Å². The first-order valence-electron chi connectivity index (χ1n) is 7.83. The summed E-state index contributed by atoms with van der Waals surface area (Å²) in [5, 5.41) is 8.30. The Balaban J connectivity index is 1.97. The van der Waals surface area contributed by atoms with Gasteiger partial charge in [-0.05, 0) is 38.8 Å². The largest absolute Gasteiger partial charge is 0.381 e. The van der Waals surface area contributed by atoms with Crippen LogP contribution in [0.2, 0.25) is 0 Å². The van der Waals surface area contributed by atoms with Crippen LogP contribution < -0.4 is 5.32 Å². The molecule has 0 amide bonds. The second kappa shape index (κ2) is 6.72. The van der Waals surface area contributed by atoms with Gasteiger partial charge in [-0.3, -0.25) is 4.68 Å². The first-order valence-corrected chi connectivity index (χ1v) is 7.83. The SMILES string of the molecule is CC(C)CNCC1(Cc2ccn(C(C)C)n2)CCOC1. The first kappa shape index (κ1) is 15.5. The minimum atomic E-state index is 0.227. The summed E-state index contributed by atoms with van der Waals surface area (Å²) in [6, 6.07) is 2.58. The van der Waals surface area contributed by atoms with Gasteiger partial charge in [0.05, 0.1) is 12.3 Å². The van der Waals surface area contributed by atoms with Gasteiger partial charge in [-0.2, -0.15) is 5.10 Å². The van der Waals surface area contributed by atoms with Gasteiger partial charge in [0.1, 0.15) is 0 Å². The number of ether oxygens (including phenoxy) is 1. The third-order valence-corrected chi connectivity index (χ3v) is 3.99. The molecule has 1 unspecified atom stereocenters. The molecule has 1 aliphatic heterocycles. The lowest BCUT2D eigenvalue weighted by Gasteiger charge is -2.27. The number of rotatable bonds is 7. The molecule has 0 spiro atoms. The van der Waals surface area contributed by atoms with Gasteiger partial charge >= 0.3 is 0 Å². The summed E-state index contributed by atoms with van der Waals surface area (Å²) in [7, 11) is 0. The molecule has 1 aromatic heterocycles. The Hall–Kier alpha value is -0.870. The van der Waals surface area contributed by atoms with E-state index in [0.717, 1.165) is 39.1 Å². The smallest absolute Gasteiger partial charge is 0.0631 e. The average Bonchev–Trinajstić information content (AvgIpc) is 2.99. The Bertz CT molecular complexity index is 406. The highest BCUT2D eigenvalue weighted by atomic mass is 16.5. The summed E-state index contributed by atoms with van der Waals surface area (Å²) in [6.45, 7) is 12.7. The second-order valence-electron chi connectivity index (χ2n) is 6.88. The number of nitrogens with zero attached hydrogens (tertiary/aromatic N) is 2. The zero-order valence-electron chi connectivity index (χ0n) is 13.4. The molecule has 2 rings (SSSR count). The van der Waals surface area contributed by atoms with E-state index in [1.165, 1.54) is 5.69 Å². The predicted molar refractivity (Wildman–Crippen MR) is 81.9 cm³/mol. The fourth-order valence-corrected chi connectivity index (χ4v) is 2.76. The molecule has 0 aromatic carbocycles. The molecule has 0 radical (unpaired) electrons. The molecule has 2 heterocycles. The van der Waals surface area contributed by atoms with Crippen molar-refractivity contribution in [3.8, 4) is 0 Å². The maximum absolute atomic E-state index is 5.67. The summed E-state index contributed by atoms with van der Waals surface area (Å²) in [5.74, 6) is 0.689. The Morgan fingerprint density at radius 2 is 2.20 bits per heavy atom. The second-order valence-corrected chi connectivity index (χ2v) is 6.88. The van der Waals surface area contributed by atoms with Crippen molar-refractivity contribution in [2.75, 3.05) is 26.3 Å². The van der Waals surface area contributed by atoms with E-state index in [1.54, 1.807) is 0 Å². The lowest BCUT2D eigenvalue weighted by atomic mass is 9.82. The van der Waals surface area contributed by atoms with Crippen molar-refractivity contribution in [1.82, 2.24) is 15.1 Å². The van der Waals surface area contributed by atoms with Gasteiger partial charge < -0.3 is 10.1 Å². The normalized spacial score (nSPS) is 23.1. The number of aromatic nitrogens is 2. The summed E-state index contributed by atoms with van der Waals surface area (Å²) < 4.78 is 7.71. The van der Waals surface area contributed by atoms with E-state index in [9.17, 15) is 0 Å². The van der Waals surface area contributed by atoms with Crippen molar-refractivity contribution >= 4 is 0 Å². The molecule has 1 fully saturated rings. The predicted octanol–water partition coefficient (Wildman–Crippen LogP) is 2.66. The Kier molecular flexibility index (Phi) is 5.22. The highest BCUT2D eigenvalue weighted by Crippen LogP contribution is 2.31. The topological polar surface area (TPSA) is 39.1 Å². The fraction of sp³-hybridized carbons (Fsp3) is 0.812. The summed E-state index contributed by atoms with van der Waals surface area (Å²) >= 11 is 0. The summed E-state index contributed by atoms with van der Waals surface area (Å²) in [5.41, 5.74) is 1.42. The zero-order chi connectivity index (χ0) is 14.6. The van der Waals surface area contributed by atoms with Gasteiger partial charge in [0.25, 0.3) is 0 Å². The highest BCUT2D eigenvalue weighted by Gasteiger charge is 2.35. The molecule has 1 aliphatic rings. The van der Waals surface area contributed by atoms with Crippen LogP contribution in [0.25, 0.3) is 0 Å². The molecule has 0 saturated carbocycles. The van der Waals surface area contributed by atoms with Gasteiger partial charge in [0.2, 0.25) is 0 Å². The van der Waals surface area contributed by atoms with Crippen LogP contribution in [0.15, 0.2) is 12.3 Å². The molecule has 0 aliphatic carbocycles. The Morgan fingerprint density at radius 3 is 2.75 bits per heavy atom. The lowest BCUT2D eigenvalue weighted by Crippen LogP contribution is -2.38. The fourth-order valence-electron chi connectivity index (χ4n) is 2.76. The molecule has 1 saturated heterocycles. The van der Waals surface area contributed by atoms with E-state index in [4.69, 9.17) is 9.84 Å². The van der Waals surface area contributed by atoms with Crippen LogP contribution in [-0.2, 0) is 11.2 Å². The third-order valence-electron chi connectivity index (χ3n) is 3.99. The van der Waals surface area contributed by atoms with E-state index in [-0.39, 0.29) is 5.41 Å². The Labute approximate surface area is 122 Å². The highest BCUT2D eigenvalue weighted by molar-refractivity contribution is 5.05. The zero-order valence-corrected chi connectivity index (χ0v) is 13.4. The van der Waals surface area contributed by atoms with Crippen LogP contribution in [0.5, 0.6) is 0 Å². The minimum Gasteiger partial charge on any atom is -0.381 e. The molecule has 4 nitrogen and oxygen atoms in total. The number of hydrogen-bond acceptors (Lipinski definition) is 3. The van der Waals surface area contributed by atoms with Crippen LogP contribution in [-0.4, -0.2) is 36.1 Å². The van der Waals surface area contributed by atoms with Crippen LogP contribution >= 0.6 is 0 Å². The Morgan fingerprint density at radius 1 is 1.40 bits per heavy atom. The summed E-state index contributed by atoms with van der Waals surface area (Å²) in [6.07, 6.45) is 4.23. The quantitative estimate of drug-likeness (QED) is 0.834. The maximum atomic E-state index is 5.67. The number of nitrogens with one attached hydrogen (secondary N) is 1. The van der Waals surface area contributed by atoms with Crippen molar-refractivity contribution in [2.24, 2.45) is 11.3 Å².